The van der Waals surface area contributed by atoms with Gasteiger partial charge in [0.15, 0.2) is 0 Å². The van der Waals surface area contributed by atoms with E-state index in [9.17, 15) is 0 Å². The summed E-state index contributed by atoms with van der Waals surface area (Å²) in [5, 5.41) is 2.47. The van der Waals surface area contributed by atoms with E-state index in [1.54, 1.807) is 0 Å². The Kier molecular flexibility index (Phi) is 10.0. The maximum absolute atomic E-state index is 2.64. The van der Waals surface area contributed by atoms with Crippen LogP contribution in [0.1, 0.15) is 80.5 Å². The zero-order valence-electron chi connectivity index (χ0n) is 45.4. The summed E-state index contributed by atoms with van der Waals surface area (Å²) in [4.78, 5) is 7.63. The Balaban J connectivity index is 1.06. The summed E-state index contributed by atoms with van der Waals surface area (Å²) in [6.45, 7) is 16.2. The number of rotatable bonds is 5. The molecule has 1 spiro atoms. The van der Waals surface area contributed by atoms with Crippen molar-refractivity contribution in [1.29, 1.82) is 0 Å². The summed E-state index contributed by atoms with van der Waals surface area (Å²) < 4.78 is 0. The lowest BCUT2D eigenvalue weighted by Gasteiger charge is -2.45. The number of benzene rings is 11. The van der Waals surface area contributed by atoms with Gasteiger partial charge in [-0.15, -0.1) is 0 Å². The zero-order valence-corrected chi connectivity index (χ0v) is 45.4. The van der Waals surface area contributed by atoms with Crippen LogP contribution < -0.4 is 31.1 Å². The highest BCUT2D eigenvalue weighted by atomic mass is 15.2. The van der Waals surface area contributed by atoms with Gasteiger partial charge in [0.1, 0.15) is 0 Å². The van der Waals surface area contributed by atoms with E-state index >= 15 is 0 Å². The first-order valence-corrected chi connectivity index (χ1v) is 27.8. The minimum atomic E-state index is -0.648. The highest BCUT2D eigenvalue weighted by molar-refractivity contribution is 7.00. The molecule has 2 heterocycles. The number of aryl methyl sites for hydroxylation is 1. The van der Waals surface area contributed by atoms with E-state index in [0.29, 0.717) is 0 Å². The van der Waals surface area contributed by atoms with Crippen molar-refractivity contribution in [3.8, 4) is 22.3 Å². The van der Waals surface area contributed by atoms with Crippen LogP contribution in [0.2, 0.25) is 0 Å². The van der Waals surface area contributed by atoms with Crippen LogP contribution in [0.25, 0.3) is 33.0 Å². The molecule has 374 valence electrons. The molecule has 0 N–H and O–H groups in total. The lowest BCUT2D eigenvalue weighted by atomic mass is 9.33. The van der Waals surface area contributed by atoms with E-state index in [-0.39, 0.29) is 17.5 Å². The molecular weight excluding hydrogens is 942 g/mol. The Hall–Kier alpha value is -8.86. The molecule has 4 heteroatoms. The van der Waals surface area contributed by atoms with Gasteiger partial charge in [-0.3, -0.25) is 0 Å². The molecule has 15 rings (SSSR count). The second-order valence-electron chi connectivity index (χ2n) is 24.1. The van der Waals surface area contributed by atoms with Gasteiger partial charge in [0, 0.05) is 50.9 Å². The fraction of sp³-hybridized carbons (Fsp3) is 0.135. The monoisotopic (exact) mass is 1000 g/mol. The summed E-state index contributed by atoms with van der Waals surface area (Å²) in [7, 11) is 0. The van der Waals surface area contributed by atoms with E-state index in [1.807, 2.05) is 0 Å². The van der Waals surface area contributed by atoms with Gasteiger partial charge in [-0.25, -0.2) is 0 Å². The molecule has 0 bridgehead atoms. The molecule has 78 heavy (non-hydrogen) atoms. The third-order valence-electron chi connectivity index (χ3n) is 17.5. The van der Waals surface area contributed by atoms with Crippen LogP contribution in [0.5, 0.6) is 0 Å². The van der Waals surface area contributed by atoms with Crippen molar-refractivity contribution in [3.05, 3.63) is 276 Å². The van der Waals surface area contributed by atoms with Crippen LogP contribution in [0, 0.1) is 6.92 Å². The quantitative estimate of drug-likeness (QED) is 0.159. The average Bonchev–Trinajstić information content (AvgIpc) is 3.57. The molecule has 0 saturated heterocycles. The van der Waals surface area contributed by atoms with Crippen molar-refractivity contribution in [2.45, 2.75) is 64.7 Å². The number of hydrogen-bond donors (Lipinski definition) is 0. The lowest BCUT2D eigenvalue weighted by molar-refractivity contribution is 0.590. The minimum Gasteiger partial charge on any atom is -0.311 e. The van der Waals surface area contributed by atoms with Crippen LogP contribution in [-0.2, 0) is 16.2 Å². The number of hydrogen-bond acceptors (Lipinski definition) is 3. The zero-order chi connectivity index (χ0) is 52.8. The molecule has 1 atom stereocenters. The lowest BCUT2D eigenvalue weighted by Crippen LogP contribution is -2.61. The third-order valence-corrected chi connectivity index (χ3v) is 17.5. The molecule has 11 aromatic rings. The predicted molar refractivity (Wildman–Crippen MR) is 331 cm³/mol. The maximum atomic E-state index is 2.64. The van der Waals surface area contributed by atoms with Gasteiger partial charge >= 0.3 is 0 Å². The van der Waals surface area contributed by atoms with Crippen molar-refractivity contribution < 1.29 is 0 Å². The van der Waals surface area contributed by atoms with Crippen molar-refractivity contribution in [2.24, 2.45) is 0 Å². The number of nitrogens with zero attached hydrogens (tertiary/aromatic N) is 3. The first kappa shape index (κ1) is 46.4. The molecule has 1 unspecified atom stereocenters. The molecule has 0 fully saturated rings. The van der Waals surface area contributed by atoms with Gasteiger partial charge in [0.05, 0.1) is 11.1 Å². The molecule has 11 aromatic carbocycles. The van der Waals surface area contributed by atoms with E-state index in [0.717, 1.165) is 22.7 Å². The summed E-state index contributed by atoms with van der Waals surface area (Å²) >= 11 is 0. The predicted octanol–water partition coefficient (Wildman–Crippen LogP) is 17.6. The van der Waals surface area contributed by atoms with E-state index in [1.165, 1.54) is 117 Å². The molecule has 0 saturated carbocycles. The van der Waals surface area contributed by atoms with Gasteiger partial charge in [0.25, 0.3) is 6.71 Å². The van der Waals surface area contributed by atoms with Gasteiger partial charge in [0.2, 0.25) is 0 Å². The highest BCUT2D eigenvalue weighted by Crippen LogP contribution is 2.65. The first-order valence-electron chi connectivity index (χ1n) is 27.8. The van der Waals surface area contributed by atoms with Crippen molar-refractivity contribution in [1.82, 2.24) is 0 Å². The Morgan fingerprint density at radius 2 is 0.897 bits per heavy atom. The summed E-state index contributed by atoms with van der Waals surface area (Å²) in [5.41, 5.74) is 28.3. The smallest absolute Gasteiger partial charge is 0.252 e. The largest absolute Gasteiger partial charge is 0.311 e. The van der Waals surface area contributed by atoms with Gasteiger partial charge in [-0.05, 0) is 180 Å². The molecule has 4 aliphatic rings. The van der Waals surface area contributed by atoms with Gasteiger partial charge in [-0.1, -0.05) is 199 Å². The van der Waals surface area contributed by atoms with E-state index in [2.05, 4.69) is 300 Å². The Labute approximate surface area is 459 Å². The third kappa shape index (κ3) is 6.59. The van der Waals surface area contributed by atoms with Gasteiger partial charge < -0.3 is 14.7 Å². The Morgan fingerprint density at radius 3 is 1.54 bits per heavy atom. The molecule has 2 aliphatic carbocycles. The van der Waals surface area contributed by atoms with Crippen molar-refractivity contribution in [3.63, 3.8) is 0 Å². The minimum absolute atomic E-state index is 0.0360. The van der Waals surface area contributed by atoms with Crippen LogP contribution in [0.15, 0.2) is 237 Å². The molecule has 0 aromatic heterocycles. The van der Waals surface area contributed by atoms with E-state index in [4.69, 9.17) is 0 Å². The molecule has 0 radical (unpaired) electrons. The number of anilines is 9. The Bertz CT molecular complexity index is 4210. The van der Waals surface area contributed by atoms with Crippen LogP contribution in [-0.4, -0.2) is 6.71 Å². The van der Waals surface area contributed by atoms with E-state index < -0.39 is 5.41 Å². The van der Waals surface area contributed by atoms with Crippen molar-refractivity contribution >= 4 is 85.1 Å². The molecule has 3 nitrogen and oxygen atoms in total. The SMILES string of the molecule is Cc1cc2c3c(c1)N(c1ccccc1)c1cc4c(cc1B3c1cc(C(C)(C)C)ccc1N2c1ccc(C(C)(C)C)cc1)-c1ccccc1C41c2ccccc2-c2c1cc(N(c1ccccc1)c1ccccc1)c1ccccc21. The average molecular weight is 1000 g/mol. The highest BCUT2D eigenvalue weighted by Gasteiger charge is 2.54. The summed E-state index contributed by atoms with van der Waals surface area (Å²) in [6, 6.07) is 90.2. The second-order valence-corrected chi connectivity index (χ2v) is 24.1. The fourth-order valence-corrected chi connectivity index (χ4v) is 14.1. The van der Waals surface area contributed by atoms with Crippen LogP contribution in [0.3, 0.4) is 0 Å². The summed E-state index contributed by atoms with van der Waals surface area (Å²) in [6.07, 6.45) is 0. The van der Waals surface area contributed by atoms with Crippen LogP contribution in [0.4, 0.5) is 51.2 Å². The molecule has 0 amide bonds. The van der Waals surface area contributed by atoms with Gasteiger partial charge in [-0.2, -0.15) is 0 Å². The molecular formula is C74H60BN3. The number of fused-ring (bicyclic) bond motifs is 16. The normalized spacial score (nSPS) is 15.3. The summed E-state index contributed by atoms with van der Waals surface area (Å²) in [5.74, 6) is 0. The Morgan fingerprint density at radius 1 is 0.385 bits per heavy atom. The van der Waals surface area contributed by atoms with Crippen molar-refractivity contribution in [2.75, 3.05) is 14.7 Å². The second kappa shape index (κ2) is 16.8. The fourth-order valence-electron chi connectivity index (χ4n) is 14.1. The number of para-hydroxylation sites is 3. The maximum Gasteiger partial charge on any atom is 0.252 e. The topological polar surface area (TPSA) is 9.72 Å². The molecule has 2 aliphatic heterocycles. The van der Waals surface area contributed by atoms with Crippen LogP contribution >= 0.6 is 0 Å². The standard InChI is InChI=1S/C74H60BN3/c1-47-41-68-71-69(42-47)78(52-27-15-10-16-28-52)67-45-61-58(44-64(67)75(71)63-43-49(73(5,6)7)37-40-65(63)77(68)53-38-35-48(36-39-53)72(2,3)4)54-29-19-21-33-59(54)74(61)60-34-22-20-32-57(60)70-56-31-18-17-30-55(56)66(46-62(70)74)76(50-23-11-8-12-24-50)51-25-13-9-14-26-51/h8-46H,1-7H3. The first-order chi connectivity index (χ1) is 37.9.